The smallest absolute Gasteiger partial charge is 0.271 e. The molecule has 0 saturated carbocycles. The lowest BCUT2D eigenvalue weighted by atomic mass is 10.1. The molecule has 0 saturated heterocycles. The van der Waals surface area contributed by atoms with Crippen molar-refractivity contribution < 1.29 is 4.92 Å². The highest BCUT2D eigenvalue weighted by Gasteiger charge is 2.10. The first-order valence-corrected chi connectivity index (χ1v) is 7.18. The molecule has 0 aliphatic rings. The van der Waals surface area contributed by atoms with E-state index < -0.39 is 4.92 Å². The second kappa shape index (κ2) is 6.53. The molecule has 0 amide bonds. The summed E-state index contributed by atoms with van der Waals surface area (Å²) in [7, 11) is 0. The Bertz CT molecular complexity index is 744. The number of aryl methyl sites for hydroxylation is 3. The van der Waals surface area contributed by atoms with Gasteiger partial charge in [0.2, 0.25) is 0 Å². The SMILES string of the molecule is Cc1ccc(NC(=S)Nc2cc([N+](=O)[O-])ccc2C)c(C)c1. The monoisotopic (exact) mass is 315 g/mol. The molecule has 0 aliphatic heterocycles. The summed E-state index contributed by atoms with van der Waals surface area (Å²) in [6, 6.07) is 10.7. The van der Waals surface area contributed by atoms with Crippen LogP contribution in [0.2, 0.25) is 0 Å². The van der Waals surface area contributed by atoms with Gasteiger partial charge in [0.15, 0.2) is 5.11 Å². The number of nitro benzene ring substituents is 1. The van der Waals surface area contributed by atoms with E-state index in [9.17, 15) is 10.1 Å². The van der Waals surface area contributed by atoms with E-state index in [0.717, 1.165) is 16.8 Å². The first-order valence-electron chi connectivity index (χ1n) is 6.77. The van der Waals surface area contributed by atoms with Crippen LogP contribution < -0.4 is 10.6 Å². The molecule has 0 aliphatic carbocycles. The second-order valence-corrected chi connectivity index (χ2v) is 5.56. The Balaban J connectivity index is 2.15. The van der Waals surface area contributed by atoms with Crippen molar-refractivity contribution in [1.29, 1.82) is 0 Å². The van der Waals surface area contributed by atoms with Crippen LogP contribution in [0.15, 0.2) is 36.4 Å². The summed E-state index contributed by atoms with van der Waals surface area (Å²) in [5.74, 6) is 0. The molecule has 114 valence electrons. The fraction of sp³-hybridized carbons (Fsp3) is 0.188. The minimum absolute atomic E-state index is 0.0300. The van der Waals surface area contributed by atoms with E-state index in [1.54, 1.807) is 6.07 Å². The van der Waals surface area contributed by atoms with E-state index in [4.69, 9.17) is 12.2 Å². The standard InChI is InChI=1S/C16H17N3O2S/c1-10-4-7-14(12(3)8-10)17-16(22)18-15-9-13(19(20)21)6-5-11(15)2/h4-9H,1-3H3,(H2,17,18,22). The topological polar surface area (TPSA) is 67.2 Å². The molecule has 5 nitrogen and oxygen atoms in total. The molecule has 0 radical (unpaired) electrons. The van der Waals surface area contributed by atoms with Crippen molar-refractivity contribution in [3.05, 3.63) is 63.2 Å². The average molecular weight is 315 g/mol. The van der Waals surface area contributed by atoms with Crippen molar-refractivity contribution in [3.63, 3.8) is 0 Å². The minimum Gasteiger partial charge on any atom is -0.332 e. The lowest BCUT2D eigenvalue weighted by molar-refractivity contribution is -0.384. The van der Waals surface area contributed by atoms with E-state index in [0.29, 0.717) is 10.8 Å². The highest BCUT2D eigenvalue weighted by Crippen LogP contribution is 2.22. The molecular weight excluding hydrogens is 298 g/mol. The molecule has 0 fully saturated rings. The van der Waals surface area contributed by atoms with E-state index in [1.807, 2.05) is 32.9 Å². The molecule has 0 atom stereocenters. The van der Waals surface area contributed by atoms with Crippen molar-refractivity contribution >= 4 is 34.4 Å². The Morgan fingerprint density at radius 3 is 2.32 bits per heavy atom. The summed E-state index contributed by atoms with van der Waals surface area (Å²) in [6.45, 7) is 5.89. The summed E-state index contributed by atoms with van der Waals surface area (Å²) < 4.78 is 0. The summed E-state index contributed by atoms with van der Waals surface area (Å²) in [5, 5.41) is 17.4. The lowest BCUT2D eigenvalue weighted by Gasteiger charge is -2.14. The number of nitro groups is 1. The number of benzene rings is 2. The molecule has 0 aromatic heterocycles. The van der Waals surface area contributed by atoms with Gasteiger partial charge in [0.1, 0.15) is 0 Å². The van der Waals surface area contributed by atoms with Crippen LogP contribution in [0.3, 0.4) is 0 Å². The number of nitrogens with one attached hydrogen (secondary N) is 2. The number of non-ortho nitro benzene ring substituents is 1. The Morgan fingerprint density at radius 1 is 1.00 bits per heavy atom. The zero-order valence-electron chi connectivity index (χ0n) is 12.6. The molecular formula is C16H17N3O2S. The molecule has 0 spiro atoms. The normalized spacial score (nSPS) is 10.1. The van der Waals surface area contributed by atoms with Crippen LogP contribution >= 0.6 is 12.2 Å². The Labute approximate surface area is 134 Å². The van der Waals surface area contributed by atoms with E-state index >= 15 is 0 Å². The van der Waals surface area contributed by atoms with E-state index in [-0.39, 0.29) is 5.69 Å². The Morgan fingerprint density at radius 2 is 1.68 bits per heavy atom. The largest absolute Gasteiger partial charge is 0.332 e. The molecule has 0 heterocycles. The molecule has 2 rings (SSSR count). The van der Waals surface area contributed by atoms with Gasteiger partial charge in [-0.1, -0.05) is 23.8 Å². The van der Waals surface area contributed by atoms with Gasteiger partial charge in [-0.15, -0.1) is 0 Å². The molecule has 2 N–H and O–H groups in total. The summed E-state index contributed by atoms with van der Waals surface area (Å²) >= 11 is 5.29. The molecule has 6 heteroatoms. The van der Waals surface area contributed by atoms with Crippen molar-refractivity contribution in [1.82, 2.24) is 0 Å². The molecule has 0 bridgehead atoms. The molecule has 2 aromatic carbocycles. The molecule has 0 unspecified atom stereocenters. The Kier molecular flexibility index (Phi) is 4.72. The van der Waals surface area contributed by atoms with Crippen LogP contribution in [0.25, 0.3) is 0 Å². The van der Waals surface area contributed by atoms with Gasteiger partial charge in [-0.05, 0) is 50.2 Å². The van der Waals surface area contributed by atoms with Crippen molar-refractivity contribution in [2.24, 2.45) is 0 Å². The number of nitrogens with zero attached hydrogens (tertiary/aromatic N) is 1. The first-order chi connectivity index (χ1) is 10.4. The van der Waals surface area contributed by atoms with Gasteiger partial charge in [-0.25, -0.2) is 0 Å². The maximum absolute atomic E-state index is 10.8. The summed E-state index contributed by atoms with van der Waals surface area (Å²) in [6.07, 6.45) is 0. The summed E-state index contributed by atoms with van der Waals surface area (Å²) in [4.78, 5) is 10.4. The third kappa shape index (κ3) is 3.79. The van der Waals surface area contributed by atoms with Gasteiger partial charge in [-0.3, -0.25) is 10.1 Å². The van der Waals surface area contributed by atoms with Crippen LogP contribution in [0.4, 0.5) is 17.1 Å². The van der Waals surface area contributed by atoms with Crippen LogP contribution in [0.1, 0.15) is 16.7 Å². The highest BCUT2D eigenvalue weighted by molar-refractivity contribution is 7.80. The fourth-order valence-electron chi connectivity index (χ4n) is 2.09. The van der Waals surface area contributed by atoms with Gasteiger partial charge in [0.25, 0.3) is 5.69 Å². The maximum atomic E-state index is 10.8. The zero-order chi connectivity index (χ0) is 16.3. The third-order valence-electron chi connectivity index (χ3n) is 3.31. The first kappa shape index (κ1) is 15.9. The maximum Gasteiger partial charge on any atom is 0.271 e. The predicted octanol–water partition coefficient (Wildman–Crippen LogP) is 4.33. The average Bonchev–Trinajstić information content (AvgIpc) is 2.44. The molecule has 22 heavy (non-hydrogen) atoms. The predicted molar refractivity (Wildman–Crippen MR) is 93.6 cm³/mol. The summed E-state index contributed by atoms with van der Waals surface area (Å²) in [5.41, 5.74) is 4.71. The van der Waals surface area contributed by atoms with Gasteiger partial charge in [-0.2, -0.15) is 0 Å². The minimum atomic E-state index is -0.425. The van der Waals surface area contributed by atoms with E-state index in [2.05, 4.69) is 16.7 Å². The Hall–Kier alpha value is -2.47. The third-order valence-corrected chi connectivity index (χ3v) is 3.51. The van der Waals surface area contributed by atoms with Crippen molar-refractivity contribution in [2.75, 3.05) is 10.6 Å². The van der Waals surface area contributed by atoms with Crippen molar-refractivity contribution in [2.45, 2.75) is 20.8 Å². The quantitative estimate of drug-likeness (QED) is 0.501. The molecule has 2 aromatic rings. The number of hydrogen-bond donors (Lipinski definition) is 2. The van der Waals surface area contributed by atoms with E-state index in [1.165, 1.54) is 17.7 Å². The van der Waals surface area contributed by atoms with Gasteiger partial charge in [0.05, 0.1) is 4.92 Å². The van der Waals surface area contributed by atoms with Gasteiger partial charge in [0, 0.05) is 23.5 Å². The zero-order valence-corrected chi connectivity index (χ0v) is 13.5. The second-order valence-electron chi connectivity index (χ2n) is 5.15. The number of thiocarbonyl (C=S) groups is 1. The van der Waals surface area contributed by atoms with Gasteiger partial charge >= 0.3 is 0 Å². The number of anilines is 2. The van der Waals surface area contributed by atoms with Crippen LogP contribution in [0.5, 0.6) is 0 Å². The van der Waals surface area contributed by atoms with Crippen LogP contribution in [-0.2, 0) is 0 Å². The highest BCUT2D eigenvalue weighted by atomic mass is 32.1. The number of hydrogen-bond acceptors (Lipinski definition) is 3. The lowest BCUT2D eigenvalue weighted by Crippen LogP contribution is -2.20. The van der Waals surface area contributed by atoms with Gasteiger partial charge < -0.3 is 10.6 Å². The van der Waals surface area contributed by atoms with Crippen LogP contribution in [-0.4, -0.2) is 10.0 Å². The number of rotatable bonds is 3. The fourth-order valence-corrected chi connectivity index (χ4v) is 2.31. The van der Waals surface area contributed by atoms with Crippen molar-refractivity contribution in [3.8, 4) is 0 Å². The van der Waals surface area contributed by atoms with Crippen LogP contribution in [0, 0.1) is 30.9 Å².